The summed E-state index contributed by atoms with van der Waals surface area (Å²) in [5, 5.41) is 14.0. The fourth-order valence-corrected chi connectivity index (χ4v) is 11.1. The zero-order chi connectivity index (χ0) is 56.3. The number of hydrogen-bond acceptors (Lipinski definition) is 5. The number of quaternary nitrogens is 1. The summed E-state index contributed by atoms with van der Waals surface area (Å²) in [6, 6.07) is -0.869. The van der Waals surface area contributed by atoms with Gasteiger partial charge in [-0.15, -0.1) is 0 Å². The van der Waals surface area contributed by atoms with E-state index in [0.29, 0.717) is 17.4 Å². The molecule has 3 atom stereocenters. The van der Waals surface area contributed by atoms with Crippen LogP contribution in [0.5, 0.6) is 0 Å². The number of aliphatic hydroxyl groups excluding tert-OH is 1. The summed E-state index contributed by atoms with van der Waals surface area (Å²) in [4.78, 5) is 23.4. The summed E-state index contributed by atoms with van der Waals surface area (Å²) < 4.78 is 23.8. The van der Waals surface area contributed by atoms with Gasteiger partial charge >= 0.3 is 7.82 Å². The molecule has 0 saturated heterocycles. The molecule has 1 amide bonds. The molecule has 0 aromatic rings. The Morgan fingerprint density at radius 1 is 0.429 bits per heavy atom. The second-order valence-electron chi connectivity index (χ2n) is 24.5. The third-order valence-corrected chi connectivity index (χ3v) is 16.6. The van der Waals surface area contributed by atoms with Gasteiger partial charge in [-0.2, -0.15) is 0 Å². The van der Waals surface area contributed by atoms with E-state index in [1.54, 1.807) is 6.08 Å². The van der Waals surface area contributed by atoms with Gasteiger partial charge in [-0.05, 0) is 44.9 Å². The zero-order valence-electron chi connectivity index (χ0n) is 52.2. The lowest BCUT2D eigenvalue weighted by Crippen LogP contribution is -2.45. The average molecular weight is 1110 g/mol. The van der Waals surface area contributed by atoms with Crippen molar-refractivity contribution in [1.82, 2.24) is 5.32 Å². The lowest BCUT2D eigenvalue weighted by atomic mass is 10.0. The number of hydrogen-bond donors (Lipinski definition) is 3. The van der Waals surface area contributed by atoms with Crippen molar-refractivity contribution in [3.8, 4) is 0 Å². The predicted octanol–water partition coefficient (Wildman–Crippen LogP) is 21.3. The number of nitrogens with one attached hydrogen (secondary N) is 1. The summed E-state index contributed by atoms with van der Waals surface area (Å²) in [6.45, 7) is 4.84. The van der Waals surface area contributed by atoms with E-state index < -0.39 is 20.0 Å². The van der Waals surface area contributed by atoms with Gasteiger partial charge in [0.15, 0.2) is 0 Å². The number of phosphoric ester groups is 1. The van der Waals surface area contributed by atoms with E-state index in [0.717, 1.165) is 44.9 Å². The van der Waals surface area contributed by atoms with Crippen molar-refractivity contribution in [2.45, 2.75) is 353 Å². The largest absolute Gasteiger partial charge is 0.472 e. The first kappa shape index (κ1) is 75.7. The Morgan fingerprint density at radius 3 is 1.04 bits per heavy atom. The summed E-state index contributed by atoms with van der Waals surface area (Å²) in [7, 11) is 1.56. The minimum atomic E-state index is -4.36. The van der Waals surface area contributed by atoms with Crippen LogP contribution in [-0.4, -0.2) is 73.4 Å². The number of amides is 1. The highest BCUT2D eigenvalue weighted by molar-refractivity contribution is 7.47. The molecular formula is C68H134N2O6P+. The molecular weight excluding hydrogens is 972 g/mol. The van der Waals surface area contributed by atoms with Crippen molar-refractivity contribution in [3.63, 3.8) is 0 Å². The van der Waals surface area contributed by atoms with Gasteiger partial charge in [-0.1, -0.05) is 326 Å². The molecule has 0 aliphatic rings. The number of phosphoric acid groups is 1. The molecule has 456 valence electrons. The maximum absolute atomic E-state index is 13.0. The molecule has 0 aliphatic carbocycles. The second-order valence-corrected chi connectivity index (χ2v) is 26.0. The van der Waals surface area contributed by atoms with E-state index in [-0.39, 0.29) is 19.1 Å². The van der Waals surface area contributed by atoms with E-state index in [1.165, 1.54) is 276 Å². The van der Waals surface area contributed by atoms with Gasteiger partial charge in [0.05, 0.1) is 39.9 Å². The van der Waals surface area contributed by atoms with Crippen LogP contribution in [0.15, 0.2) is 36.5 Å². The maximum Gasteiger partial charge on any atom is 0.472 e. The standard InChI is InChI=1S/C68H133N2O6P/c1-6-8-10-12-14-16-18-20-22-24-26-28-30-31-32-33-34-35-36-37-38-39-40-42-44-46-48-50-52-54-56-58-60-62-68(72)69-66(65-76-77(73,74)75-64-63-70(3,4)5)67(71)61-59-57-55-53-51-49-47-45-43-41-29-27-25-23-21-19-17-15-13-11-9-7-2/h43,45,51,53,59,61,66-67,71H,6-42,44,46-50,52,54-58,60,62-65H2,1-5H3,(H-,69,72,73,74)/p+1/b45-43+,53-51+,61-59+. The number of allylic oxidation sites excluding steroid dienone is 5. The van der Waals surface area contributed by atoms with E-state index >= 15 is 0 Å². The number of likely N-dealkylation sites (N-methyl/N-ethyl adjacent to an activating group) is 1. The van der Waals surface area contributed by atoms with Gasteiger partial charge < -0.3 is 19.8 Å². The van der Waals surface area contributed by atoms with Crippen LogP contribution in [0.1, 0.15) is 341 Å². The smallest absolute Gasteiger partial charge is 0.387 e. The van der Waals surface area contributed by atoms with Gasteiger partial charge in [0, 0.05) is 6.42 Å². The van der Waals surface area contributed by atoms with Crippen molar-refractivity contribution >= 4 is 13.7 Å². The molecule has 0 radical (unpaired) electrons. The number of carbonyl (C=O) groups is 1. The molecule has 0 saturated carbocycles. The monoisotopic (exact) mass is 1110 g/mol. The van der Waals surface area contributed by atoms with Crippen molar-refractivity contribution in [1.29, 1.82) is 0 Å². The highest BCUT2D eigenvalue weighted by Crippen LogP contribution is 2.43. The maximum atomic E-state index is 13.0. The van der Waals surface area contributed by atoms with E-state index in [9.17, 15) is 19.4 Å². The molecule has 3 unspecified atom stereocenters. The SMILES string of the molecule is CCCCCCCCCCCCCC/C=C/CC/C=C/CC/C=C/C(O)C(COP(=O)(O)OCC[N+](C)(C)C)NC(=O)CCCCCCCCCCCCCCCCCCCCCCCCCCCCCCCCCCC. The molecule has 0 rings (SSSR count). The third kappa shape index (κ3) is 62.2. The topological polar surface area (TPSA) is 105 Å². The van der Waals surface area contributed by atoms with Gasteiger partial charge in [0.1, 0.15) is 13.2 Å². The first-order valence-electron chi connectivity index (χ1n) is 33.9. The zero-order valence-corrected chi connectivity index (χ0v) is 53.1. The van der Waals surface area contributed by atoms with Gasteiger partial charge in [-0.25, -0.2) is 4.57 Å². The van der Waals surface area contributed by atoms with Crippen LogP contribution in [0.25, 0.3) is 0 Å². The van der Waals surface area contributed by atoms with Crippen LogP contribution >= 0.6 is 7.82 Å². The molecule has 0 heterocycles. The highest BCUT2D eigenvalue weighted by Gasteiger charge is 2.28. The molecule has 0 fully saturated rings. The second kappa shape index (κ2) is 59.3. The molecule has 3 N–H and O–H groups in total. The van der Waals surface area contributed by atoms with E-state index in [1.807, 2.05) is 27.2 Å². The number of nitrogens with zero attached hydrogens (tertiary/aromatic N) is 1. The lowest BCUT2D eigenvalue weighted by molar-refractivity contribution is -0.870. The van der Waals surface area contributed by atoms with Gasteiger partial charge in [-0.3, -0.25) is 13.8 Å². The average Bonchev–Trinajstić information content (AvgIpc) is 3.39. The Kier molecular flexibility index (Phi) is 58.4. The minimum Gasteiger partial charge on any atom is -0.387 e. The van der Waals surface area contributed by atoms with Gasteiger partial charge in [0.2, 0.25) is 5.91 Å². The highest BCUT2D eigenvalue weighted by atomic mass is 31.2. The van der Waals surface area contributed by atoms with Crippen LogP contribution in [0.2, 0.25) is 0 Å². The molecule has 0 bridgehead atoms. The van der Waals surface area contributed by atoms with Crippen molar-refractivity contribution in [2.75, 3.05) is 40.9 Å². The Morgan fingerprint density at radius 2 is 0.714 bits per heavy atom. The fourth-order valence-electron chi connectivity index (χ4n) is 10.3. The number of rotatable bonds is 63. The Hall–Kier alpha value is -1.28. The number of carbonyl (C=O) groups excluding carboxylic acids is 1. The van der Waals surface area contributed by atoms with Gasteiger partial charge in [0.25, 0.3) is 0 Å². The van der Waals surface area contributed by atoms with Crippen LogP contribution in [0, 0.1) is 0 Å². The Bertz CT molecular complexity index is 1350. The summed E-state index contributed by atoms with van der Waals surface area (Å²) >= 11 is 0. The molecule has 0 aromatic heterocycles. The van der Waals surface area contributed by atoms with E-state index in [4.69, 9.17) is 9.05 Å². The lowest BCUT2D eigenvalue weighted by Gasteiger charge is -2.25. The van der Waals surface area contributed by atoms with Crippen molar-refractivity contribution < 1.29 is 32.9 Å². The Labute approximate surface area is 480 Å². The normalized spacial score (nSPS) is 13.9. The molecule has 9 heteroatoms. The third-order valence-electron chi connectivity index (χ3n) is 15.6. The first-order chi connectivity index (χ1) is 37.5. The minimum absolute atomic E-state index is 0.0553. The van der Waals surface area contributed by atoms with Crippen LogP contribution in [-0.2, 0) is 18.4 Å². The number of aliphatic hydroxyl groups is 1. The molecule has 0 aliphatic heterocycles. The molecule has 77 heavy (non-hydrogen) atoms. The van der Waals surface area contributed by atoms with Crippen LogP contribution < -0.4 is 5.32 Å². The summed E-state index contributed by atoms with van der Waals surface area (Å²) in [6.07, 6.45) is 78.7. The summed E-state index contributed by atoms with van der Waals surface area (Å²) in [5.41, 5.74) is 0. The number of unbranched alkanes of at least 4 members (excludes halogenated alkanes) is 46. The van der Waals surface area contributed by atoms with Crippen LogP contribution in [0.3, 0.4) is 0 Å². The molecule has 8 nitrogen and oxygen atoms in total. The fraction of sp³-hybridized carbons (Fsp3) is 0.897. The molecule has 0 spiro atoms. The predicted molar refractivity (Wildman–Crippen MR) is 337 cm³/mol. The quantitative estimate of drug-likeness (QED) is 0.0243. The molecule has 0 aromatic carbocycles. The van der Waals surface area contributed by atoms with Crippen LogP contribution in [0.4, 0.5) is 0 Å². The van der Waals surface area contributed by atoms with E-state index in [2.05, 4.69) is 43.5 Å². The Balaban J connectivity index is 4.06. The van der Waals surface area contributed by atoms with Crippen molar-refractivity contribution in [2.24, 2.45) is 0 Å². The summed E-state index contributed by atoms with van der Waals surface area (Å²) in [5.74, 6) is -0.184. The van der Waals surface area contributed by atoms with Crippen molar-refractivity contribution in [3.05, 3.63) is 36.5 Å². The first-order valence-corrected chi connectivity index (χ1v) is 35.4.